The van der Waals surface area contributed by atoms with Crippen molar-refractivity contribution in [2.45, 2.75) is 45.6 Å². The van der Waals surface area contributed by atoms with Crippen LogP contribution in [0.2, 0.25) is 0 Å². The van der Waals surface area contributed by atoms with Gasteiger partial charge in [0.05, 0.1) is 5.69 Å². The molecule has 0 radical (unpaired) electrons. The molecule has 5 heteroatoms. The molecule has 5 nitrogen and oxygen atoms in total. The van der Waals surface area contributed by atoms with Crippen LogP contribution in [-0.2, 0) is 0 Å². The van der Waals surface area contributed by atoms with Crippen molar-refractivity contribution < 1.29 is 0 Å². The van der Waals surface area contributed by atoms with Crippen LogP contribution in [0.15, 0.2) is 30.6 Å². The Hall–Kier alpha value is -1.75. The molecule has 0 saturated heterocycles. The van der Waals surface area contributed by atoms with Crippen LogP contribution in [0.1, 0.15) is 45.1 Å². The molecule has 1 N–H and O–H groups in total. The Morgan fingerprint density at radius 1 is 1.38 bits per heavy atom. The lowest BCUT2D eigenvalue weighted by Crippen LogP contribution is -2.56. The van der Waals surface area contributed by atoms with Gasteiger partial charge in [-0.05, 0) is 58.8 Å². The lowest BCUT2D eigenvalue weighted by atomic mass is 9.54. The third kappa shape index (κ3) is 2.35. The number of tetrazole rings is 1. The molecular weight excluding hydrogens is 262 g/mol. The van der Waals surface area contributed by atoms with Crippen molar-refractivity contribution in [1.29, 1.82) is 0 Å². The molecule has 1 aliphatic rings. The summed E-state index contributed by atoms with van der Waals surface area (Å²) >= 11 is 0. The topological polar surface area (TPSA) is 55.6 Å². The van der Waals surface area contributed by atoms with Gasteiger partial charge in [0.25, 0.3) is 0 Å². The van der Waals surface area contributed by atoms with Gasteiger partial charge in [0.15, 0.2) is 0 Å². The number of hydrogen-bond donors (Lipinski definition) is 1. The number of hydrogen-bond acceptors (Lipinski definition) is 4. The van der Waals surface area contributed by atoms with Gasteiger partial charge in [0, 0.05) is 6.04 Å². The lowest BCUT2D eigenvalue weighted by Gasteiger charge is -2.55. The summed E-state index contributed by atoms with van der Waals surface area (Å²) in [5.74, 6) is 0.600. The lowest BCUT2D eigenvalue weighted by molar-refractivity contribution is 0.0455. The largest absolute Gasteiger partial charge is 0.314 e. The summed E-state index contributed by atoms with van der Waals surface area (Å²) in [5, 5.41) is 15.0. The zero-order valence-corrected chi connectivity index (χ0v) is 13.0. The third-order valence-electron chi connectivity index (χ3n) is 5.16. The zero-order valence-electron chi connectivity index (χ0n) is 13.0. The maximum atomic E-state index is 3.97. The van der Waals surface area contributed by atoms with Gasteiger partial charge in [0.1, 0.15) is 6.33 Å². The summed E-state index contributed by atoms with van der Waals surface area (Å²) in [6, 6.07) is 9.22. The van der Waals surface area contributed by atoms with Crippen LogP contribution >= 0.6 is 0 Å². The minimum absolute atomic E-state index is 0.329. The van der Waals surface area contributed by atoms with Crippen LogP contribution < -0.4 is 5.32 Å². The first-order chi connectivity index (χ1) is 10.2. The molecule has 112 valence electrons. The van der Waals surface area contributed by atoms with Crippen molar-refractivity contribution in [3.63, 3.8) is 0 Å². The normalized spacial score (nSPS) is 28.3. The highest BCUT2D eigenvalue weighted by Gasteiger charge is 2.50. The number of nitrogens with zero attached hydrogens (tertiary/aromatic N) is 4. The predicted octanol–water partition coefficient (Wildman–Crippen LogP) is 2.54. The fourth-order valence-electron chi connectivity index (χ4n) is 3.59. The fraction of sp³-hybridized carbons (Fsp3) is 0.562. The monoisotopic (exact) mass is 285 g/mol. The molecule has 3 atom stereocenters. The highest BCUT2D eigenvalue weighted by atomic mass is 15.5. The van der Waals surface area contributed by atoms with E-state index in [1.54, 1.807) is 11.0 Å². The van der Waals surface area contributed by atoms with Crippen molar-refractivity contribution in [3.8, 4) is 5.69 Å². The molecule has 0 aliphatic heterocycles. The molecule has 0 amide bonds. The van der Waals surface area contributed by atoms with E-state index < -0.39 is 0 Å². The predicted molar refractivity (Wildman–Crippen MR) is 82.4 cm³/mol. The Bertz CT molecular complexity index is 594. The van der Waals surface area contributed by atoms with E-state index in [0.717, 1.165) is 12.2 Å². The average molecular weight is 285 g/mol. The molecule has 21 heavy (non-hydrogen) atoms. The Morgan fingerprint density at radius 3 is 2.90 bits per heavy atom. The van der Waals surface area contributed by atoms with Gasteiger partial charge in [-0.15, -0.1) is 5.10 Å². The summed E-state index contributed by atoms with van der Waals surface area (Å²) in [6.07, 6.45) is 4.03. The molecule has 1 heterocycles. The molecule has 3 unspecified atom stereocenters. The quantitative estimate of drug-likeness (QED) is 0.917. The maximum absolute atomic E-state index is 3.97. The summed E-state index contributed by atoms with van der Waals surface area (Å²) in [5.41, 5.74) is 2.75. The van der Waals surface area contributed by atoms with Crippen LogP contribution in [-0.4, -0.2) is 32.8 Å². The van der Waals surface area contributed by atoms with Crippen LogP contribution in [0.5, 0.6) is 0 Å². The van der Waals surface area contributed by atoms with Gasteiger partial charge in [-0.1, -0.05) is 32.9 Å². The van der Waals surface area contributed by atoms with E-state index in [4.69, 9.17) is 0 Å². The molecule has 1 saturated carbocycles. The second kappa shape index (κ2) is 5.56. The van der Waals surface area contributed by atoms with E-state index in [2.05, 4.69) is 59.8 Å². The van der Waals surface area contributed by atoms with E-state index in [9.17, 15) is 0 Å². The Balaban J connectivity index is 1.86. The fourth-order valence-corrected chi connectivity index (χ4v) is 3.59. The second-order valence-corrected chi connectivity index (χ2v) is 6.11. The summed E-state index contributed by atoms with van der Waals surface area (Å²) < 4.78 is 1.72. The van der Waals surface area contributed by atoms with Crippen molar-refractivity contribution in [2.75, 3.05) is 6.54 Å². The maximum Gasteiger partial charge on any atom is 0.143 e. The first kappa shape index (κ1) is 14.2. The molecule has 2 aromatic rings. The first-order valence-electron chi connectivity index (χ1n) is 7.75. The second-order valence-electron chi connectivity index (χ2n) is 6.11. The zero-order chi connectivity index (χ0) is 14.9. The Morgan fingerprint density at radius 2 is 2.24 bits per heavy atom. The standard InChI is InChI=1S/C16H23N5/c1-4-16(3)14(10-15(16)17-5-2)12-7-6-8-13(9-12)21-11-18-19-20-21/h6-9,11,14-15,17H,4-5,10H2,1-3H3. The van der Waals surface area contributed by atoms with E-state index in [-0.39, 0.29) is 0 Å². The smallest absolute Gasteiger partial charge is 0.143 e. The number of aromatic nitrogens is 4. The van der Waals surface area contributed by atoms with Crippen molar-refractivity contribution in [2.24, 2.45) is 5.41 Å². The van der Waals surface area contributed by atoms with Gasteiger partial charge < -0.3 is 5.32 Å². The molecular formula is C16H23N5. The van der Waals surface area contributed by atoms with E-state index >= 15 is 0 Å². The Labute approximate surface area is 125 Å². The van der Waals surface area contributed by atoms with Crippen molar-refractivity contribution >= 4 is 0 Å². The molecule has 1 aromatic carbocycles. The summed E-state index contributed by atoms with van der Waals surface area (Å²) in [4.78, 5) is 0. The minimum atomic E-state index is 0.329. The van der Waals surface area contributed by atoms with Crippen LogP contribution in [0.3, 0.4) is 0 Å². The summed E-state index contributed by atoms with van der Waals surface area (Å²) in [7, 11) is 0. The van der Waals surface area contributed by atoms with Crippen LogP contribution in [0.4, 0.5) is 0 Å². The molecule has 0 spiro atoms. The highest BCUT2D eigenvalue weighted by molar-refractivity contribution is 5.38. The van der Waals surface area contributed by atoms with Gasteiger partial charge in [-0.3, -0.25) is 0 Å². The minimum Gasteiger partial charge on any atom is -0.314 e. The molecule has 3 rings (SSSR count). The molecule has 1 aliphatic carbocycles. The van der Waals surface area contributed by atoms with Gasteiger partial charge in [0.2, 0.25) is 0 Å². The van der Waals surface area contributed by atoms with E-state index in [1.807, 2.05) is 6.07 Å². The molecule has 0 bridgehead atoms. The van der Waals surface area contributed by atoms with Gasteiger partial charge in [-0.2, -0.15) is 0 Å². The number of benzene rings is 1. The van der Waals surface area contributed by atoms with Crippen LogP contribution in [0, 0.1) is 5.41 Å². The highest BCUT2D eigenvalue weighted by Crippen LogP contribution is 2.54. The molecule has 1 fully saturated rings. The van der Waals surface area contributed by atoms with Crippen molar-refractivity contribution in [1.82, 2.24) is 25.5 Å². The van der Waals surface area contributed by atoms with E-state index in [1.165, 1.54) is 18.4 Å². The SMILES string of the molecule is CCNC1CC(c2cccc(-n3cnnn3)c2)C1(C)CC. The van der Waals surface area contributed by atoms with Gasteiger partial charge >= 0.3 is 0 Å². The Kier molecular flexibility index (Phi) is 3.76. The number of rotatable bonds is 5. The average Bonchev–Trinajstić information content (AvgIpc) is 3.04. The summed E-state index contributed by atoms with van der Waals surface area (Å²) in [6.45, 7) is 7.92. The van der Waals surface area contributed by atoms with Gasteiger partial charge in [-0.25, -0.2) is 4.68 Å². The third-order valence-corrected chi connectivity index (χ3v) is 5.16. The first-order valence-corrected chi connectivity index (χ1v) is 7.75. The number of nitrogens with one attached hydrogen (secondary N) is 1. The van der Waals surface area contributed by atoms with Crippen molar-refractivity contribution in [3.05, 3.63) is 36.2 Å². The van der Waals surface area contributed by atoms with Crippen LogP contribution in [0.25, 0.3) is 5.69 Å². The van der Waals surface area contributed by atoms with E-state index in [0.29, 0.717) is 17.4 Å². The molecule has 1 aromatic heterocycles.